The molecule has 0 amide bonds. The summed E-state index contributed by atoms with van der Waals surface area (Å²) in [7, 11) is 3.72. The van der Waals surface area contributed by atoms with E-state index in [4.69, 9.17) is 0 Å². The first-order chi connectivity index (χ1) is 6.74. The van der Waals surface area contributed by atoms with Gasteiger partial charge in [0.1, 0.15) is 5.69 Å². The van der Waals surface area contributed by atoms with Crippen LogP contribution in [0.3, 0.4) is 0 Å². The van der Waals surface area contributed by atoms with Crippen LogP contribution in [0.5, 0.6) is 0 Å². The predicted octanol–water partition coefficient (Wildman–Crippen LogP) is 0.555. The van der Waals surface area contributed by atoms with Crippen LogP contribution in [0.15, 0.2) is 6.20 Å². The molecule has 0 fully saturated rings. The average Bonchev–Trinajstić information content (AvgIpc) is 2.72. The molecule has 0 aliphatic rings. The van der Waals surface area contributed by atoms with Crippen LogP contribution >= 0.6 is 0 Å². The third kappa shape index (κ3) is 1.15. The second kappa shape index (κ2) is 3.13. The van der Waals surface area contributed by atoms with E-state index in [9.17, 15) is 0 Å². The summed E-state index contributed by atoms with van der Waals surface area (Å²) in [6.07, 6.45) is 1.77. The van der Waals surface area contributed by atoms with E-state index >= 15 is 0 Å². The van der Waals surface area contributed by atoms with E-state index in [1.807, 2.05) is 25.6 Å². The highest BCUT2D eigenvalue weighted by molar-refractivity contribution is 5.55. The Hall–Kier alpha value is -1.85. The van der Waals surface area contributed by atoms with E-state index in [1.165, 1.54) is 0 Å². The number of hydrogen-bond donors (Lipinski definition) is 2. The summed E-state index contributed by atoms with van der Waals surface area (Å²) in [5, 5.41) is 17.9. The van der Waals surface area contributed by atoms with Gasteiger partial charge in [0.25, 0.3) is 0 Å². The van der Waals surface area contributed by atoms with Gasteiger partial charge in [-0.25, -0.2) is 0 Å². The van der Waals surface area contributed by atoms with E-state index in [-0.39, 0.29) is 0 Å². The highest BCUT2D eigenvalue weighted by Gasteiger charge is 2.12. The van der Waals surface area contributed by atoms with Crippen LogP contribution in [0.2, 0.25) is 0 Å². The number of H-pyrrole nitrogens is 1. The Balaban J connectivity index is 2.52. The number of aromatic amines is 1. The molecule has 2 N–H and O–H groups in total. The van der Waals surface area contributed by atoms with Gasteiger partial charge in [0.15, 0.2) is 5.82 Å². The van der Waals surface area contributed by atoms with E-state index in [0.29, 0.717) is 0 Å². The third-order valence-electron chi connectivity index (χ3n) is 2.15. The largest absolute Gasteiger partial charge is 0.357 e. The van der Waals surface area contributed by atoms with Gasteiger partial charge in [-0.1, -0.05) is 0 Å². The second-order valence-corrected chi connectivity index (χ2v) is 3.08. The fourth-order valence-corrected chi connectivity index (χ4v) is 1.34. The number of nitrogens with one attached hydrogen (secondary N) is 2. The lowest BCUT2D eigenvalue weighted by Gasteiger charge is -2.01. The van der Waals surface area contributed by atoms with Crippen molar-refractivity contribution < 1.29 is 0 Å². The van der Waals surface area contributed by atoms with E-state index in [1.54, 1.807) is 6.20 Å². The molecular formula is C8H12N6. The van der Waals surface area contributed by atoms with Crippen molar-refractivity contribution in [3.05, 3.63) is 11.8 Å². The van der Waals surface area contributed by atoms with Gasteiger partial charge >= 0.3 is 0 Å². The zero-order valence-electron chi connectivity index (χ0n) is 8.37. The van der Waals surface area contributed by atoms with Crippen molar-refractivity contribution in [1.29, 1.82) is 0 Å². The predicted molar refractivity (Wildman–Crippen MR) is 52.9 cm³/mol. The van der Waals surface area contributed by atoms with Crippen molar-refractivity contribution >= 4 is 5.95 Å². The number of anilines is 1. The molecule has 2 heterocycles. The average molecular weight is 192 g/mol. The Morgan fingerprint density at radius 3 is 2.71 bits per heavy atom. The van der Waals surface area contributed by atoms with E-state index in [0.717, 1.165) is 23.0 Å². The molecule has 14 heavy (non-hydrogen) atoms. The molecule has 2 aromatic heterocycles. The van der Waals surface area contributed by atoms with Crippen LogP contribution in [-0.2, 0) is 7.05 Å². The van der Waals surface area contributed by atoms with Crippen LogP contribution in [0, 0.1) is 6.92 Å². The van der Waals surface area contributed by atoms with Gasteiger partial charge in [-0.05, 0) is 12.5 Å². The highest BCUT2D eigenvalue weighted by atomic mass is 15.3. The minimum atomic E-state index is 0.731. The number of rotatable bonds is 2. The van der Waals surface area contributed by atoms with Gasteiger partial charge in [0.2, 0.25) is 5.95 Å². The van der Waals surface area contributed by atoms with Gasteiger partial charge in [-0.2, -0.15) is 5.10 Å². The summed E-state index contributed by atoms with van der Waals surface area (Å²) in [4.78, 5) is 0. The normalized spacial score (nSPS) is 10.5. The Morgan fingerprint density at radius 2 is 2.21 bits per heavy atom. The van der Waals surface area contributed by atoms with Gasteiger partial charge in [-0.15, -0.1) is 10.2 Å². The summed E-state index contributed by atoms with van der Waals surface area (Å²) in [6, 6.07) is 0. The quantitative estimate of drug-likeness (QED) is 0.729. The molecule has 0 radical (unpaired) electrons. The third-order valence-corrected chi connectivity index (χ3v) is 2.15. The zero-order chi connectivity index (χ0) is 10.1. The van der Waals surface area contributed by atoms with Crippen LogP contribution in [0.4, 0.5) is 5.95 Å². The Kier molecular flexibility index (Phi) is 1.95. The number of hydrogen-bond acceptors (Lipinski definition) is 4. The minimum Gasteiger partial charge on any atom is -0.357 e. The molecule has 0 saturated heterocycles. The van der Waals surface area contributed by atoms with Crippen molar-refractivity contribution in [2.24, 2.45) is 7.05 Å². The van der Waals surface area contributed by atoms with Crippen LogP contribution in [-0.4, -0.2) is 32.0 Å². The molecule has 0 bridgehead atoms. The van der Waals surface area contributed by atoms with Crippen molar-refractivity contribution in [3.63, 3.8) is 0 Å². The maximum Gasteiger partial charge on any atom is 0.224 e. The SMILES string of the molecule is CNc1nnc(-c2[nH]ncc2C)n1C. The fraction of sp³-hybridized carbons (Fsp3) is 0.375. The first kappa shape index (κ1) is 8.74. The first-order valence-electron chi connectivity index (χ1n) is 4.31. The standard InChI is InChI=1S/C8H12N6/c1-5-4-10-11-6(5)7-12-13-8(9-2)14(7)3/h4H,1-3H3,(H,9,13)(H,10,11). The lowest BCUT2D eigenvalue weighted by Crippen LogP contribution is -2.00. The van der Waals surface area contributed by atoms with Gasteiger partial charge < -0.3 is 5.32 Å². The molecule has 6 nitrogen and oxygen atoms in total. The molecule has 2 rings (SSSR count). The Morgan fingerprint density at radius 1 is 1.43 bits per heavy atom. The van der Waals surface area contributed by atoms with Gasteiger partial charge in [-0.3, -0.25) is 9.67 Å². The molecule has 0 unspecified atom stereocenters. The summed E-state index contributed by atoms with van der Waals surface area (Å²) >= 11 is 0. The molecular weight excluding hydrogens is 180 g/mol. The first-order valence-corrected chi connectivity index (χ1v) is 4.31. The van der Waals surface area contributed by atoms with Crippen molar-refractivity contribution in [2.45, 2.75) is 6.92 Å². The molecule has 0 saturated carbocycles. The lowest BCUT2D eigenvalue weighted by atomic mass is 10.3. The molecule has 0 aliphatic heterocycles. The maximum absolute atomic E-state index is 4.07. The summed E-state index contributed by atoms with van der Waals surface area (Å²) in [5.41, 5.74) is 1.96. The zero-order valence-corrected chi connectivity index (χ0v) is 8.37. The minimum absolute atomic E-state index is 0.731. The number of nitrogens with zero attached hydrogens (tertiary/aromatic N) is 4. The lowest BCUT2D eigenvalue weighted by molar-refractivity contribution is 0.914. The Bertz CT molecular complexity index is 440. The molecule has 0 atom stereocenters. The van der Waals surface area contributed by atoms with Crippen molar-refractivity contribution in [3.8, 4) is 11.5 Å². The summed E-state index contributed by atoms with van der Waals surface area (Å²) in [5.74, 6) is 1.51. The summed E-state index contributed by atoms with van der Waals surface area (Å²) < 4.78 is 1.88. The van der Waals surface area contributed by atoms with Gasteiger partial charge in [0, 0.05) is 14.1 Å². The molecule has 2 aromatic rings. The van der Waals surface area contributed by atoms with Gasteiger partial charge in [0.05, 0.1) is 6.20 Å². The molecule has 74 valence electrons. The molecule has 6 heteroatoms. The topological polar surface area (TPSA) is 71.4 Å². The second-order valence-electron chi connectivity index (χ2n) is 3.08. The fourth-order valence-electron chi connectivity index (χ4n) is 1.34. The monoisotopic (exact) mass is 192 g/mol. The van der Waals surface area contributed by atoms with E-state index in [2.05, 4.69) is 25.7 Å². The summed E-state index contributed by atoms with van der Waals surface area (Å²) in [6.45, 7) is 1.98. The van der Waals surface area contributed by atoms with Crippen LogP contribution in [0.25, 0.3) is 11.5 Å². The van der Waals surface area contributed by atoms with E-state index < -0.39 is 0 Å². The molecule has 0 spiro atoms. The number of aryl methyl sites for hydroxylation is 1. The maximum atomic E-state index is 4.07. The number of aromatic nitrogens is 5. The van der Waals surface area contributed by atoms with Crippen molar-refractivity contribution in [1.82, 2.24) is 25.0 Å². The molecule has 0 aromatic carbocycles. The molecule has 0 aliphatic carbocycles. The van der Waals surface area contributed by atoms with Crippen molar-refractivity contribution in [2.75, 3.05) is 12.4 Å². The Labute approximate surface area is 81.4 Å². The van der Waals surface area contributed by atoms with Crippen LogP contribution in [0.1, 0.15) is 5.56 Å². The van der Waals surface area contributed by atoms with Crippen LogP contribution < -0.4 is 5.32 Å². The highest BCUT2D eigenvalue weighted by Crippen LogP contribution is 2.19. The smallest absolute Gasteiger partial charge is 0.224 e.